The van der Waals surface area contributed by atoms with Gasteiger partial charge in [0.05, 0.1) is 11.1 Å². The molecule has 3 rings (SSSR count). The van der Waals surface area contributed by atoms with Crippen molar-refractivity contribution >= 4 is 29.2 Å². The lowest BCUT2D eigenvalue weighted by molar-refractivity contribution is -0.131. The third-order valence-corrected chi connectivity index (χ3v) is 3.38. The summed E-state index contributed by atoms with van der Waals surface area (Å²) in [5.74, 6) is -2.19. The van der Waals surface area contributed by atoms with Gasteiger partial charge < -0.3 is 4.74 Å². The number of halogens is 3. The van der Waals surface area contributed by atoms with Gasteiger partial charge in [0.2, 0.25) is 0 Å². The Bertz CT molecular complexity index is 788. The Kier molecular flexibility index (Phi) is 3.77. The second-order valence-electron chi connectivity index (χ2n) is 4.64. The molecule has 1 aliphatic rings. The first-order chi connectivity index (χ1) is 10.5. The van der Waals surface area contributed by atoms with Crippen LogP contribution in [0.15, 0.2) is 54.3 Å². The predicted octanol–water partition coefficient (Wildman–Crippen LogP) is 4.60. The van der Waals surface area contributed by atoms with Gasteiger partial charge in [0.1, 0.15) is 17.4 Å². The maximum absolute atomic E-state index is 13.8. The smallest absolute Gasteiger partial charge is 0.344 e. The molecule has 2 aromatic carbocycles. The van der Waals surface area contributed by atoms with E-state index in [1.54, 1.807) is 30.3 Å². The first-order valence-corrected chi connectivity index (χ1v) is 6.78. The van der Waals surface area contributed by atoms with Gasteiger partial charge in [-0.2, -0.15) is 0 Å². The minimum atomic E-state index is -0.809. The molecule has 5 heteroatoms. The summed E-state index contributed by atoms with van der Waals surface area (Å²) >= 11 is 5.79. The zero-order valence-corrected chi connectivity index (χ0v) is 11.9. The number of hydrogen-bond acceptors (Lipinski definition) is 2. The summed E-state index contributed by atoms with van der Waals surface area (Å²) in [6.45, 7) is 0. The fourth-order valence-electron chi connectivity index (χ4n) is 2.12. The van der Waals surface area contributed by atoms with E-state index in [0.717, 1.165) is 17.7 Å². The Morgan fingerprint density at radius 3 is 2.27 bits per heavy atom. The minimum absolute atomic E-state index is 0.143. The number of allylic oxidation sites excluding steroid dienone is 1. The lowest BCUT2D eigenvalue weighted by Crippen LogP contribution is -2.02. The normalized spacial score (nSPS) is 15.9. The van der Waals surface area contributed by atoms with Crippen LogP contribution in [0.1, 0.15) is 11.1 Å². The van der Waals surface area contributed by atoms with Gasteiger partial charge in [0, 0.05) is 5.02 Å². The van der Waals surface area contributed by atoms with Crippen molar-refractivity contribution in [1.29, 1.82) is 0 Å². The lowest BCUT2D eigenvalue weighted by atomic mass is 10.0. The van der Waals surface area contributed by atoms with E-state index in [1.165, 1.54) is 12.1 Å². The monoisotopic (exact) mass is 318 g/mol. The molecule has 2 nitrogen and oxygen atoms in total. The fraction of sp³-hybridized carbons (Fsp3) is 0. The van der Waals surface area contributed by atoms with Gasteiger partial charge in [0.15, 0.2) is 0 Å². The molecule has 0 unspecified atom stereocenters. The van der Waals surface area contributed by atoms with Gasteiger partial charge in [-0.25, -0.2) is 13.6 Å². The summed E-state index contributed by atoms with van der Waals surface area (Å²) in [7, 11) is 0. The molecule has 1 aliphatic heterocycles. The molecule has 0 radical (unpaired) electrons. The first kappa shape index (κ1) is 14.5. The molecule has 110 valence electrons. The number of carbonyl (C=O) groups is 1. The zero-order chi connectivity index (χ0) is 15.7. The van der Waals surface area contributed by atoms with E-state index in [9.17, 15) is 13.6 Å². The maximum atomic E-state index is 13.8. The quantitative estimate of drug-likeness (QED) is 0.756. The zero-order valence-electron chi connectivity index (χ0n) is 11.1. The highest BCUT2D eigenvalue weighted by Crippen LogP contribution is 2.30. The minimum Gasteiger partial charge on any atom is -0.423 e. The Balaban J connectivity index is 2.00. The number of esters is 1. The standard InChI is InChI=1S/C17H9ClF2O2/c18-11-6-4-10(5-7-11)8-12-9-13(17(21)22-12)16-14(19)2-1-3-15(16)20/h1-9H/b12-8+. The third-order valence-electron chi connectivity index (χ3n) is 3.13. The van der Waals surface area contributed by atoms with E-state index in [0.29, 0.717) is 5.02 Å². The summed E-state index contributed by atoms with van der Waals surface area (Å²) in [6, 6.07) is 10.3. The van der Waals surface area contributed by atoms with Crippen LogP contribution in [0, 0.1) is 11.6 Å². The van der Waals surface area contributed by atoms with Crippen LogP contribution in [-0.2, 0) is 9.53 Å². The van der Waals surface area contributed by atoms with Crippen molar-refractivity contribution in [3.05, 3.63) is 82.1 Å². The molecule has 0 fully saturated rings. The van der Waals surface area contributed by atoms with Gasteiger partial charge >= 0.3 is 5.97 Å². The summed E-state index contributed by atoms with van der Waals surface area (Å²) in [5, 5.41) is 0.579. The number of hydrogen-bond donors (Lipinski definition) is 0. The van der Waals surface area contributed by atoms with Crippen molar-refractivity contribution in [3.63, 3.8) is 0 Å². The van der Waals surface area contributed by atoms with Crippen molar-refractivity contribution in [2.24, 2.45) is 0 Å². The van der Waals surface area contributed by atoms with Crippen molar-refractivity contribution in [3.8, 4) is 0 Å². The van der Waals surface area contributed by atoms with Crippen LogP contribution in [0.2, 0.25) is 5.02 Å². The summed E-state index contributed by atoms with van der Waals surface area (Å²) in [6.07, 6.45) is 2.90. The number of rotatable bonds is 2. The first-order valence-electron chi connectivity index (χ1n) is 6.40. The average Bonchev–Trinajstić information content (AvgIpc) is 2.82. The van der Waals surface area contributed by atoms with Gasteiger partial charge in [-0.3, -0.25) is 0 Å². The summed E-state index contributed by atoms with van der Waals surface area (Å²) in [4.78, 5) is 11.8. The molecule has 0 atom stereocenters. The van der Waals surface area contributed by atoms with Crippen LogP contribution < -0.4 is 0 Å². The molecule has 22 heavy (non-hydrogen) atoms. The number of ether oxygens (including phenoxy) is 1. The second-order valence-corrected chi connectivity index (χ2v) is 5.08. The predicted molar refractivity (Wildman–Crippen MR) is 79.9 cm³/mol. The Morgan fingerprint density at radius 1 is 1.00 bits per heavy atom. The molecule has 0 N–H and O–H groups in total. The van der Waals surface area contributed by atoms with Crippen LogP contribution in [0.4, 0.5) is 8.78 Å². The van der Waals surface area contributed by atoms with Crippen LogP contribution >= 0.6 is 11.6 Å². The van der Waals surface area contributed by atoms with E-state index >= 15 is 0 Å². The molecule has 1 heterocycles. The highest BCUT2D eigenvalue weighted by molar-refractivity contribution is 6.30. The highest BCUT2D eigenvalue weighted by atomic mass is 35.5. The maximum Gasteiger partial charge on any atom is 0.344 e. The highest BCUT2D eigenvalue weighted by Gasteiger charge is 2.27. The van der Waals surface area contributed by atoms with E-state index < -0.39 is 17.6 Å². The van der Waals surface area contributed by atoms with Gasteiger partial charge in [-0.1, -0.05) is 29.8 Å². The number of cyclic esters (lactones) is 1. The SMILES string of the molecule is O=C1O/C(=C/c2ccc(Cl)cc2)C=C1c1c(F)cccc1F. The van der Waals surface area contributed by atoms with Crippen LogP contribution in [0.25, 0.3) is 11.6 Å². The molecule has 0 aromatic heterocycles. The summed E-state index contributed by atoms with van der Waals surface area (Å²) < 4.78 is 32.5. The van der Waals surface area contributed by atoms with E-state index in [4.69, 9.17) is 16.3 Å². The van der Waals surface area contributed by atoms with Crippen LogP contribution in [0.5, 0.6) is 0 Å². The van der Waals surface area contributed by atoms with E-state index in [-0.39, 0.29) is 16.9 Å². The topological polar surface area (TPSA) is 26.3 Å². The van der Waals surface area contributed by atoms with Gasteiger partial charge in [0.25, 0.3) is 0 Å². The lowest BCUT2D eigenvalue weighted by Gasteiger charge is -2.02. The van der Waals surface area contributed by atoms with E-state index in [2.05, 4.69) is 0 Å². The Morgan fingerprint density at radius 2 is 1.64 bits per heavy atom. The number of benzene rings is 2. The number of carbonyl (C=O) groups excluding carboxylic acids is 1. The molecule has 0 saturated heterocycles. The average molecular weight is 319 g/mol. The second kappa shape index (κ2) is 5.73. The third kappa shape index (κ3) is 2.78. The molecular weight excluding hydrogens is 310 g/mol. The Hall–Kier alpha value is -2.46. The van der Waals surface area contributed by atoms with Crippen LogP contribution in [0.3, 0.4) is 0 Å². The molecule has 0 amide bonds. The van der Waals surface area contributed by atoms with Crippen molar-refractivity contribution < 1.29 is 18.3 Å². The molecule has 0 saturated carbocycles. The van der Waals surface area contributed by atoms with Crippen molar-refractivity contribution in [2.45, 2.75) is 0 Å². The Labute approximate surface area is 130 Å². The van der Waals surface area contributed by atoms with Gasteiger partial charge in [-0.15, -0.1) is 0 Å². The van der Waals surface area contributed by atoms with E-state index in [1.807, 2.05) is 0 Å². The van der Waals surface area contributed by atoms with Crippen molar-refractivity contribution in [1.82, 2.24) is 0 Å². The molecule has 2 aromatic rings. The molecule has 0 spiro atoms. The van der Waals surface area contributed by atoms with Crippen LogP contribution in [-0.4, -0.2) is 5.97 Å². The largest absolute Gasteiger partial charge is 0.423 e. The molecular formula is C17H9ClF2O2. The fourth-order valence-corrected chi connectivity index (χ4v) is 2.24. The van der Waals surface area contributed by atoms with Crippen molar-refractivity contribution in [2.75, 3.05) is 0 Å². The van der Waals surface area contributed by atoms with Gasteiger partial charge in [-0.05, 0) is 42.0 Å². The summed E-state index contributed by atoms with van der Waals surface area (Å²) in [5.41, 5.74) is 0.224. The molecule has 0 aliphatic carbocycles. The molecule has 0 bridgehead atoms.